The lowest BCUT2D eigenvalue weighted by molar-refractivity contribution is -0.141. The van der Waals surface area contributed by atoms with Crippen LogP contribution in [-0.4, -0.2) is 36.1 Å². The Bertz CT molecular complexity index is 245. The maximum absolute atomic E-state index is 11.1. The van der Waals surface area contributed by atoms with Gasteiger partial charge in [0.1, 0.15) is 6.04 Å². The third kappa shape index (κ3) is 5.17. The molecule has 0 aliphatic rings. The summed E-state index contributed by atoms with van der Waals surface area (Å²) in [5.41, 5.74) is 0. The Balaban J connectivity index is 3.80. The van der Waals surface area contributed by atoms with Crippen LogP contribution in [0.3, 0.4) is 0 Å². The van der Waals surface area contributed by atoms with Crippen LogP contribution in [0.4, 0.5) is 0 Å². The molecule has 0 aliphatic carbocycles. The molecule has 5 heteroatoms. The van der Waals surface area contributed by atoms with Crippen LogP contribution in [0, 0.1) is 12.3 Å². The van der Waals surface area contributed by atoms with E-state index in [2.05, 4.69) is 16.6 Å². The predicted molar refractivity (Wildman–Crippen MR) is 51.6 cm³/mol. The number of hydrogen-bond donors (Lipinski definition) is 3. The zero-order valence-electron chi connectivity index (χ0n) is 8.04. The summed E-state index contributed by atoms with van der Waals surface area (Å²) in [6.07, 6.45) is 5.31. The Labute approximate surface area is 82.9 Å². The second-order valence-electron chi connectivity index (χ2n) is 2.67. The maximum Gasteiger partial charge on any atom is 0.326 e. The summed E-state index contributed by atoms with van der Waals surface area (Å²) in [6, 6.07) is -0.824. The number of amides is 1. The standard InChI is InChI=1S/C9H14N2O3/c1-3-5-10-6-8(12)11-7(4-2)9(13)14/h1,7,10H,4-6H2,2H3,(H,11,12)(H,13,14). The van der Waals surface area contributed by atoms with Gasteiger partial charge >= 0.3 is 5.97 Å². The molecule has 3 N–H and O–H groups in total. The smallest absolute Gasteiger partial charge is 0.326 e. The molecule has 0 heterocycles. The number of nitrogens with one attached hydrogen (secondary N) is 2. The van der Waals surface area contributed by atoms with E-state index in [-0.39, 0.29) is 19.0 Å². The molecule has 1 amide bonds. The van der Waals surface area contributed by atoms with Gasteiger partial charge in [-0.05, 0) is 6.42 Å². The first kappa shape index (κ1) is 12.5. The van der Waals surface area contributed by atoms with Gasteiger partial charge in [0.25, 0.3) is 0 Å². The van der Waals surface area contributed by atoms with Crippen molar-refractivity contribution in [2.75, 3.05) is 13.1 Å². The van der Waals surface area contributed by atoms with E-state index in [1.807, 2.05) is 0 Å². The molecule has 1 atom stereocenters. The average molecular weight is 198 g/mol. The maximum atomic E-state index is 11.1. The van der Waals surface area contributed by atoms with Crippen molar-refractivity contribution in [2.24, 2.45) is 0 Å². The molecule has 0 spiro atoms. The monoisotopic (exact) mass is 198 g/mol. The Hall–Kier alpha value is -1.54. The van der Waals surface area contributed by atoms with Crippen LogP contribution in [0.5, 0.6) is 0 Å². The van der Waals surface area contributed by atoms with Gasteiger partial charge in [-0.3, -0.25) is 10.1 Å². The van der Waals surface area contributed by atoms with Gasteiger partial charge in [-0.1, -0.05) is 12.8 Å². The first-order chi connectivity index (χ1) is 6.61. The summed E-state index contributed by atoms with van der Waals surface area (Å²) in [6.45, 7) is 2.01. The quantitative estimate of drug-likeness (QED) is 0.385. The minimum absolute atomic E-state index is 0.0357. The van der Waals surface area contributed by atoms with Gasteiger partial charge < -0.3 is 10.4 Å². The number of carboxylic acids is 1. The molecule has 0 aromatic carbocycles. The molecule has 1 unspecified atom stereocenters. The van der Waals surface area contributed by atoms with Gasteiger partial charge in [0, 0.05) is 0 Å². The van der Waals surface area contributed by atoms with E-state index in [9.17, 15) is 9.59 Å². The summed E-state index contributed by atoms with van der Waals surface area (Å²) < 4.78 is 0. The van der Waals surface area contributed by atoms with Gasteiger partial charge in [0.05, 0.1) is 13.1 Å². The number of carbonyl (C=O) groups excluding carboxylic acids is 1. The first-order valence-electron chi connectivity index (χ1n) is 4.28. The molecule has 0 radical (unpaired) electrons. The summed E-state index contributed by atoms with van der Waals surface area (Å²) in [7, 11) is 0. The molecule has 0 aromatic rings. The Morgan fingerprint density at radius 2 is 2.21 bits per heavy atom. The molecule has 78 valence electrons. The van der Waals surface area contributed by atoms with Crippen molar-refractivity contribution in [1.82, 2.24) is 10.6 Å². The highest BCUT2D eigenvalue weighted by atomic mass is 16.4. The van der Waals surface area contributed by atoms with Crippen molar-refractivity contribution >= 4 is 11.9 Å². The van der Waals surface area contributed by atoms with Gasteiger partial charge in [-0.2, -0.15) is 0 Å². The zero-order chi connectivity index (χ0) is 11.0. The fraction of sp³-hybridized carbons (Fsp3) is 0.556. The molecule has 5 nitrogen and oxygen atoms in total. The largest absolute Gasteiger partial charge is 0.480 e. The lowest BCUT2D eigenvalue weighted by atomic mass is 10.2. The molecule has 0 rings (SSSR count). The van der Waals surface area contributed by atoms with Crippen molar-refractivity contribution < 1.29 is 14.7 Å². The molecular weight excluding hydrogens is 184 g/mol. The third-order valence-corrected chi connectivity index (χ3v) is 1.55. The zero-order valence-corrected chi connectivity index (χ0v) is 8.04. The van der Waals surface area contributed by atoms with Crippen LogP contribution in [0.25, 0.3) is 0 Å². The van der Waals surface area contributed by atoms with Crippen LogP contribution in [0.1, 0.15) is 13.3 Å². The highest BCUT2D eigenvalue weighted by molar-refractivity contribution is 5.84. The summed E-state index contributed by atoms with van der Waals surface area (Å²) in [5.74, 6) is 0.910. The van der Waals surface area contributed by atoms with E-state index in [1.54, 1.807) is 6.92 Å². The van der Waals surface area contributed by atoms with Gasteiger partial charge in [0.15, 0.2) is 0 Å². The SMILES string of the molecule is C#CCNCC(=O)NC(CC)C(=O)O. The second-order valence-corrected chi connectivity index (χ2v) is 2.67. The lowest BCUT2D eigenvalue weighted by Crippen LogP contribution is -2.44. The van der Waals surface area contributed by atoms with Crippen LogP contribution in [0.15, 0.2) is 0 Å². The second kappa shape index (κ2) is 6.92. The Morgan fingerprint density at radius 3 is 2.64 bits per heavy atom. The Kier molecular flexibility index (Phi) is 6.16. The third-order valence-electron chi connectivity index (χ3n) is 1.55. The van der Waals surface area contributed by atoms with Crippen molar-refractivity contribution in [2.45, 2.75) is 19.4 Å². The van der Waals surface area contributed by atoms with E-state index < -0.39 is 12.0 Å². The molecule has 0 aliphatic heterocycles. The minimum atomic E-state index is -1.03. The summed E-state index contributed by atoms with van der Waals surface area (Å²) in [5, 5.41) is 13.6. The summed E-state index contributed by atoms with van der Waals surface area (Å²) >= 11 is 0. The highest BCUT2D eigenvalue weighted by Gasteiger charge is 2.16. The lowest BCUT2D eigenvalue weighted by Gasteiger charge is -2.11. The molecular formula is C9H14N2O3. The van der Waals surface area contributed by atoms with Crippen LogP contribution in [-0.2, 0) is 9.59 Å². The fourth-order valence-electron chi connectivity index (χ4n) is 0.832. The number of hydrogen-bond acceptors (Lipinski definition) is 3. The fourth-order valence-corrected chi connectivity index (χ4v) is 0.832. The highest BCUT2D eigenvalue weighted by Crippen LogP contribution is 1.89. The molecule has 0 saturated heterocycles. The van der Waals surface area contributed by atoms with E-state index in [4.69, 9.17) is 11.5 Å². The van der Waals surface area contributed by atoms with Crippen LogP contribution < -0.4 is 10.6 Å². The van der Waals surface area contributed by atoms with Gasteiger partial charge in [-0.25, -0.2) is 4.79 Å². The van der Waals surface area contributed by atoms with Crippen molar-refractivity contribution in [3.63, 3.8) is 0 Å². The minimum Gasteiger partial charge on any atom is -0.480 e. The first-order valence-corrected chi connectivity index (χ1v) is 4.28. The molecule has 0 fully saturated rings. The predicted octanol–water partition coefficient (Wildman–Crippen LogP) is -0.811. The molecule has 14 heavy (non-hydrogen) atoms. The van der Waals surface area contributed by atoms with Gasteiger partial charge in [0.2, 0.25) is 5.91 Å². The van der Waals surface area contributed by atoms with E-state index in [0.29, 0.717) is 6.42 Å². The molecule has 0 saturated carbocycles. The van der Waals surface area contributed by atoms with E-state index in [1.165, 1.54) is 0 Å². The van der Waals surface area contributed by atoms with Crippen molar-refractivity contribution in [1.29, 1.82) is 0 Å². The topological polar surface area (TPSA) is 78.4 Å². The normalized spacial score (nSPS) is 11.4. The molecule has 0 bridgehead atoms. The van der Waals surface area contributed by atoms with Crippen LogP contribution >= 0.6 is 0 Å². The number of carboxylic acid groups (broad SMARTS) is 1. The number of terminal acetylenes is 1. The van der Waals surface area contributed by atoms with E-state index in [0.717, 1.165) is 0 Å². The van der Waals surface area contributed by atoms with Gasteiger partial charge in [-0.15, -0.1) is 6.42 Å². The number of aliphatic carboxylic acids is 1. The van der Waals surface area contributed by atoms with Crippen molar-refractivity contribution in [3.8, 4) is 12.3 Å². The van der Waals surface area contributed by atoms with Crippen LogP contribution in [0.2, 0.25) is 0 Å². The number of carbonyl (C=O) groups is 2. The van der Waals surface area contributed by atoms with Crippen molar-refractivity contribution in [3.05, 3.63) is 0 Å². The number of rotatable bonds is 6. The summed E-state index contributed by atoms with van der Waals surface area (Å²) in [4.78, 5) is 21.6. The Morgan fingerprint density at radius 1 is 1.57 bits per heavy atom. The molecule has 0 aromatic heterocycles. The average Bonchev–Trinajstić information content (AvgIpc) is 2.14. The van der Waals surface area contributed by atoms with E-state index >= 15 is 0 Å².